The molecule has 0 aliphatic heterocycles. The van der Waals surface area contributed by atoms with Gasteiger partial charge in [-0.3, -0.25) is 4.90 Å². The lowest BCUT2D eigenvalue weighted by molar-refractivity contribution is 0.214. The van der Waals surface area contributed by atoms with Crippen LogP contribution in [0.25, 0.3) is 0 Å². The van der Waals surface area contributed by atoms with Crippen LogP contribution in [0.1, 0.15) is 38.0 Å². The first-order valence-corrected chi connectivity index (χ1v) is 7.34. The number of hydrogen-bond acceptors (Lipinski definition) is 5. The first-order valence-electron chi connectivity index (χ1n) is 6.30. The topological polar surface area (TPSA) is 42.2 Å². The predicted molar refractivity (Wildman–Crippen MR) is 70.1 cm³/mol. The van der Waals surface area contributed by atoms with Crippen LogP contribution in [0.2, 0.25) is 0 Å². The molecule has 2 rings (SSSR count). The molecule has 1 fully saturated rings. The molecule has 0 amide bonds. The predicted octanol–water partition coefficient (Wildman–Crippen LogP) is 2.48. The van der Waals surface area contributed by atoms with Gasteiger partial charge in [-0.15, -0.1) is 10.2 Å². The van der Waals surface area contributed by atoms with Crippen LogP contribution in [-0.4, -0.2) is 39.2 Å². The fourth-order valence-electron chi connectivity index (χ4n) is 2.45. The highest BCUT2D eigenvalue weighted by molar-refractivity contribution is 7.99. The number of hydrogen-bond donors (Lipinski definition) is 0. The van der Waals surface area contributed by atoms with E-state index in [1.807, 2.05) is 6.92 Å². The Kier molecular flexibility index (Phi) is 4.45. The average Bonchev–Trinajstić information content (AvgIpc) is 2.88. The van der Waals surface area contributed by atoms with Crippen LogP contribution in [0.15, 0.2) is 4.42 Å². The Balaban J connectivity index is 1.82. The van der Waals surface area contributed by atoms with Gasteiger partial charge in [-0.1, -0.05) is 6.92 Å². The zero-order valence-electron chi connectivity index (χ0n) is 10.8. The van der Waals surface area contributed by atoms with Crippen LogP contribution >= 0.6 is 11.8 Å². The molecule has 0 radical (unpaired) electrons. The second-order valence-electron chi connectivity index (χ2n) is 4.67. The molecule has 0 N–H and O–H groups in total. The molecule has 96 valence electrons. The van der Waals surface area contributed by atoms with Crippen molar-refractivity contribution in [2.45, 2.75) is 50.9 Å². The highest BCUT2D eigenvalue weighted by atomic mass is 32.2. The van der Waals surface area contributed by atoms with Crippen LogP contribution in [-0.2, 0) is 6.54 Å². The quantitative estimate of drug-likeness (QED) is 0.808. The van der Waals surface area contributed by atoms with Crippen molar-refractivity contribution in [2.24, 2.45) is 0 Å². The molecule has 1 aromatic rings. The smallest absolute Gasteiger partial charge is 0.230 e. The number of nitrogens with zero attached hydrogens (tertiary/aromatic N) is 3. The maximum atomic E-state index is 5.42. The van der Waals surface area contributed by atoms with E-state index in [1.54, 1.807) is 0 Å². The maximum absolute atomic E-state index is 5.42. The van der Waals surface area contributed by atoms with E-state index in [2.05, 4.69) is 40.8 Å². The summed E-state index contributed by atoms with van der Waals surface area (Å²) in [5.41, 5.74) is 0. The Morgan fingerprint density at radius 3 is 2.88 bits per heavy atom. The Morgan fingerprint density at radius 2 is 2.24 bits per heavy atom. The molecule has 2 atom stereocenters. The zero-order valence-corrected chi connectivity index (χ0v) is 11.7. The van der Waals surface area contributed by atoms with Crippen LogP contribution in [0.5, 0.6) is 0 Å². The monoisotopic (exact) mass is 255 g/mol. The van der Waals surface area contributed by atoms with Gasteiger partial charge in [0.25, 0.3) is 0 Å². The Morgan fingerprint density at radius 1 is 1.41 bits per heavy atom. The molecule has 1 heterocycles. The van der Waals surface area contributed by atoms with E-state index in [0.29, 0.717) is 11.9 Å². The highest BCUT2D eigenvalue weighted by Gasteiger charge is 2.28. The summed E-state index contributed by atoms with van der Waals surface area (Å²) in [5.74, 6) is 2.61. The van der Waals surface area contributed by atoms with Crippen molar-refractivity contribution in [3.05, 3.63) is 11.8 Å². The lowest BCUT2D eigenvalue weighted by Gasteiger charge is -2.22. The van der Waals surface area contributed by atoms with Gasteiger partial charge in [-0.2, -0.15) is 11.8 Å². The minimum absolute atomic E-state index is 0.652. The second kappa shape index (κ2) is 5.87. The fraction of sp³-hybridized carbons (Fsp3) is 0.833. The molecule has 0 spiro atoms. The maximum Gasteiger partial charge on any atom is 0.230 e. The van der Waals surface area contributed by atoms with E-state index in [0.717, 1.165) is 17.7 Å². The van der Waals surface area contributed by atoms with Gasteiger partial charge in [0.15, 0.2) is 0 Å². The number of aromatic nitrogens is 2. The molecule has 5 heteroatoms. The number of aryl methyl sites for hydroxylation is 1. The molecular weight excluding hydrogens is 234 g/mol. The van der Waals surface area contributed by atoms with Crippen LogP contribution in [0.3, 0.4) is 0 Å². The van der Waals surface area contributed by atoms with Gasteiger partial charge in [0, 0.05) is 18.2 Å². The SMILES string of the molecule is CCS[C@@H]1CC[C@H](N(C)Cc2nnc(C)o2)C1. The van der Waals surface area contributed by atoms with Crippen LogP contribution in [0.4, 0.5) is 0 Å². The van der Waals surface area contributed by atoms with E-state index in [4.69, 9.17) is 4.42 Å². The Hall–Kier alpha value is -0.550. The summed E-state index contributed by atoms with van der Waals surface area (Å²) >= 11 is 2.09. The van der Waals surface area contributed by atoms with Crippen LogP contribution in [0, 0.1) is 6.92 Å². The number of rotatable bonds is 5. The summed E-state index contributed by atoms with van der Waals surface area (Å²) in [5, 5.41) is 8.76. The van der Waals surface area contributed by atoms with Gasteiger partial charge in [0.2, 0.25) is 11.8 Å². The van der Waals surface area contributed by atoms with Crippen molar-refractivity contribution in [1.82, 2.24) is 15.1 Å². The van der Waals surface area contributed by atoms with Crippen molar-refractivity contribution in [1.29, 1.82) is 0 Å². The highest BCUT2D eigenvalue weighted by Crippen LogP contribution is 2.32. The second-order valence-corrected chi connectivity index (χ2v) is 6.25. The van der Waals surface area contributed by atoms with Gasteiger partial charge < -0.3 is 4.42 Å². The van der Waals surface area contributed by atoms with Crippen LogP contribution < -0.4 is 0 Å². The zero-order chi connectivity index (χ0) is 12.3. The lowest BCUT2D eigenvalue weighted by atomic mass is 10.2. The van der Waals surface area contributed by atoms with E-state index in [9.17, 15) is 0 Å². The van der Waals surface area contributed by atoms with Crippen molar-refractivity contribution in [3.8, 4) is 0 Å². The molecule has 0 unspecified atom stereocenters. The first kappa shape index (κ1) is 12.9. The third-order valence-electron chi connectivity index (χ3n) is 3.34. The Labute approximate surface area is 107 Å². The molecule has 1 aliphatic carbocycles. The average molecular weight is 255 g/mol. The van der Waals surface area contributed by atoms with E-state index >= 15 is 0 Å². The third-order valence-corrected chi connectivity index (χ3v) is 4.57. The minimum atomic E-state index is 0.652. The molecule has 1 saturated carbocycles. The molecule has 17 heavy (non-hydrogen) atoms. The Bertz CT molecular complexity index is 355. The van der Waals surface area contributed by atoms with Crippen molar-refractivity contribution >= 4 is 11.8 Å². The van der Waals surface area contributed by atoms with Crippen molar-refractivity contribution < 1.29 is 4.42 Å². The molecule has 1 aliphatic rings. The summed E-state index contributed by atoms with van der Waals surface area (Å²) in [6, 6.07) is 0.672. The normalized spacial score (nSPS) is 24.7. The first-order chi connectivity index (χ1) is 8.19. The third kappa shape index (κ3) is 3.45. The van der Waals surface area contributed by atoms with Crippen molar-refractivity contribution in [3.63, 3.8) is 0 Å². The molecule has 1 aromatic heterocycles. The van der Waals surface area contributed by atoms with Gasteiger partial charge in [0.05, 0.1) is 6.54 Å². The van der Waals surface area contributed by atoms with E-state index < -0.39 is 0 Å². The fourth-order valence-corrected chi connectivity index (χ4v) is 3.58. The molecular formula is C12H21N3OS. The molecule has 4 nitrogen and oxygen atoms in total. The van der Waals surface area contributed by atoms with Gasteiger partial charge in [-0.05, 0) is 32.1 Å². The van der Waals surface area contributed by atoms with E-state index in [1.165, 1.54) is 25.0 Å². The number of thioether (sulfide) groups is 1. The molecule has 0 bridgehead atoms. The standard InChI is InChI=1S/C12H21N3OS/c1-4-17-11-6-5-10(7-11)15(3)8-12-14-13-9(2)16-12/h10-11H,4-8H2,1-3H3/t10-,11+/m0/s1. The van der Waals surface area contributed by atoms with E-state index in [-0.39, 0.29) is 0 Å². The summed E-state index contributed by atoms with van der Waals surface area (Å²) in [7, 11) is 2.16. The molecule has 0 saturated heterocycles. The summed E-state index contributed by atoms with van der Waals surface area (Å²) in [6.45, 7) is 4.85. The van der Waals surface area contributed by atoms with Gasteiger partial charge >= 0.3 is 0 Å². The molecule has 0 aromatic carbocycles. The summed E-state index contributed by atoms with van der Waals surface area (Å²) < 4.78 is 5.42. The largest absolute Gasteiger partial charge is 0.424 e. The van der Waals surface area contributed by atoms with Gasteiger partial charge in [0.1, 0.15) is 0 Å². The van der Waals surface area contributed by atoms with Gasteiger partial charge in [-0.25, -0.2) is 0 Å². The van der Waals surface area contributed by atoms with Crippen molar-refractivity contribution in [2.75, 3.05) is 12.8 Å². The summed E-state index contributed by atoms with van der Waals surface area (Å²) in [4.78, 5) is 2.35. The summed E-state index contributed by atoms with van der Waals surface area (Å²) in [6.07, 6.45) is 3.93. The lowest BCUT2D eigenvalue weighted by Crippen LogP contribution is -2.29. The minimum Gasteiger partial charge on any atom is -0.424 e.